The van der Waals surface area contributed by atoms with Crippen molar-refractivity contribution in [2.24, 2.45) is 0 Å². The van der Waals surface area contributed by atoms with Crippen LogP contribution in [0.2, 0.25) is 0 Å². The number of hydrogen-bond acceptors (Lipinski definition) is 6. The number of nitrogens with one attached hydrogen (secondary N) is 2. The van der Waals surface area contributed by atoms with Gasteiger partial charge in [0.25, 0.3) is 5.91 Å². The summed E-state index contributed by atoms with van der Waals surface area (Å²) in [5.41, 5.74) is -0.105. The molecule has 34 heavy (non-hydrogen) atoms. The Morgan fingerprint density at radius 3 is 2.44 bits per heavy atom. The van der Waals surface area contributed by atoms with Gasteiger partial charge in [-0.2, -0.15) is 0 Å². The Balaban J connectivity index is 1.73. The van der Waals surface area contributed by atoms with Gasteiger partial charge in [0.15, 0.2) is 11.6 Å². The van der Waals surface area contributed by atoms with Crippen LogP contribution >= 0.6 is 0 Å². The number of pyridine rings is 1. The van der Waals surface area contributed by atoms with Gasteiger partial charge in [-0.15, -0.1) is 0 Å². The molecule has 0 atom stereocenters. The van der Waals surface area contributed by atoms with Crippen molar-refractivity contribution in [3.8, 4) is 17.2 Å². The highest BCUT2D eigenvalue weighted by atomic mass is 32.2. The minimum absolute atomic E-state index is 0.0251. The summed E-state index contributed by atoms with van der Waals surface area (Å²) >= 11 is 0. The lowest BCUT2D eigenvalue weighted by molar-refractivity contribution is 0.0950. The molecule has 3 aromatic rings. The molecule has 8 nitrogen and oxygen atoms in total. The molecule has 1 heterocycles. The van der Waals surface area contributed by atoms with Crippen molar-refractivity contribution < 1.29 is 27.1 Å². The SMILES string of the molecule is COc1ccc(C(=O)NCc2ccc(Oc3cccnc3)c(F)c2)cc1S(=O)(=O)NC(C)(C)C. The fourth-order valence-electron chi connectivity index (χ4n) is 3.04. The van der Waals surface area contributed by atoms with Crippen LogP contribution in [0.4, 0.5) is 4.39 Å². The Kier molecular flexibility index (Phi) is 7.53. The first kappa shape index (κ1) is 25.1. The summed E-state index contributed by atoms with van der Waals surface area (Å²) in [7, 11) is -2.59. The second-order valence-corrected chi connectivity index (χ2v) is 10.1. The maximum atomic E-state index is 14.4. The van der Waals surface area contributed by atoms with Crippen molar-refractivity contribution in [1.29, 1.82) is 0 Å². The van der Waals surface area contributed by atoms with Crippen LogP contribution in [0.1, 0.15) is 36.7 Å². The molecule has 0 aliphatic heterocycles. The highest BCUT2D eigenvalue weighted by Gasteiger charge is 2.26. The smallest absolute Gasteiger partial charge is 0.251 e. The van der Waals surface area contributed by atoms with Gasteiger partial charge in [0.2, 0.25) is 10.0 Å². The average Bonchev–Trinajstić information content (AvgIpc) is 2.78. The van der Waals surface area contributed by atoms with Gasteiger partial charge in [-0.1, -0.05) is 6.07 Å². The Hall–Kier alpha value is -3.50. The van der Waals surface area contributed by atoms with E-state index in [-0.39, 0.29) is 28.5 Å². The lowest BCUT2D eigenvalue weighted by atomic mass is 10.1. The molecule has 0 aliphatic rings. The first-order valence-corrected chi connectivity index (χ1v) is 11.8. The Morgan fingerprint density at radius 1 is 1.09 bits per heavy atom. The molecule has 0 unspecified atom stereocenters. The van der Waals surface area contributed by atoms with E-state index in [2.05, 4.69) is 15.0 Å². The molecule has 0 aliphatic carbocycles. The molecule has 10 heteroatoms. The number of aromatic nitrogens is 1. The van der Waals surface area contributed by atoms with Crippen LogP contribution in [-0.2, 0) is 16.6 Å². The minimum atomic E-state index is -3.94. The van der Waals surface area contributed by atoms with Gasteiger partial charge in [-0.3, -0.25) is 9.78 Å². The predicted molar refractivity (Wildman–Crippen MR) is 125 cm³/mol. The molecule has 1 amide bonds. The number of halogens is 1. The molecule has 180 valence electrons. The highest BCUT2D eigenvalue weighted by molar-refractivity contribution is 7.89. The van der Waals surface area contributed by atoms with Gasteiger partial charge >= 0.3 is 0 Å². The summed E-state index contributed by atoms with van der Waals surface area (Å²) in [6.45, 7) is 5.15. The number of benzene rings is 2. The molecular weight excluding hydrogens is 461 g/mol. The zero-order valence-corrected chi connectivity index (χ0v) is 20.1. The van der Waals surface area contributed by atoms with E-state index in [9.17, 15) is 17.6 Å². The van der Waals surface area contributed by atoms with Crippen LogP contribution in [-0.4, -0.2) is 32.0 Å². The van der Waals surface area contributed by atoms with E-state index >= 15 is 0 Å². The standard InChI is InChI=1S/C24H26FN3O5S/c1-24(2,3)28-34(30,31)22-13-17(8-10-21(22)32-4)23(29)27-14-16-7-9-20(19(25)12-16)33-18-6-5-11-26-15-18/h5-13,15,28H,14H2,1-4H3,(H,27,29). The molecular formula is C24H26FN3O5S. The van der Waals surface area contributed by atoms with Gasteiger partial charge < -0.3 is 14.8 Å². The minimum Gasteiger partial charge on any atom is -0.495 e. The average molecular weight is 488 g/mol. The topological polar surface area (TPSA) is 107 Å². The van der Waals surface area contributed by atoms with Gasteiger partial charge in [0.1, 0.15) is 16.4 Å². The Bertz CT molecular complexity index is 1280. The Labute approximate surface area is 198 Å². The van der Waals surface area contributed by atoms with Crippen molar-refractivity contribution in [2.75, 3.05) is 7.11 Å². The number of ether oxygens (including phenoxy) is 2. The van der Waals surface area contributed by atoms with E-state index in [1.807, 2.05) is 0 Å². The van der Waals surface area contributed by atoms with Crippen LogP contribution in [0.15, 0.2) is 65.8 Å². The molecule has 2 aromatic carbocycles. The maximum Gasteiger partial charge on any atom is 0.251 e. The number of amides is 1. The third kappa shape index (κ3) is 6.52. The molecule has 0 spiro atoms. The zero-order valence-electron chi connectivity index (χ0n) is 19.3. The molecule has 0 bridgehead atoms. The van der Waals surface area contributed by atoms with E-state index in [0.29, 0.717) is 11.3 Å². The molecule has 1 aromatic heterocycles. The van der Waals surface area contributed by atoms with E-state index < -0.39 is 27.3 Å². The second-order valence-electron chi connectivity index (χ2n) is 8.46. The first-order chi connectivity index (χ1) is 16.0. The van der Waals surface area contributed by atoms with Crippen molar-refractivity contribution >= 4 is 15.9 Å². The zero-order chi connectivity index (χ0) is 24.9. The van der Waals surface area contributed by atoms with Crippen LogP contribution in [0.3, 0.4) is 0 Å². The number of rotatable bonds is 8. The number of carbonyl (C=O) groups is 1. The summed E-state index contributed by atoms with van der Waals surface area (Å²) in [5.74, 6) is -0.583. The van der Waals surface area contributed by atoms with Gasteiger partial charge in [-0.25, -0.2) is 17.5 Å². The van der Waals surface area contributed by atoms with Crippen molar-refractivity contribution in [3.63, 3.8) is 0 Å². The normalized spacial score (nSPS) is 11.7. The summed E-state index contributed by atoms with van der Waals surface area (Å²) in [6.07, 6.45) is 3.05. The van der Waals surface area contributed by atoms with E-state index in [1.54, 1.807) is 45.2 Å². The summed E-state index contributed by atoms with van der Waals surface area (Å²) in [5, 5.41) is 2.66. The third-order valence-corrected chi connectivity index (χ3v) is 6.25. The summed E-state index contributed by atoms with van der Waals surface area (Å²) in [4.78, 5) is 16.4. The lowest BCUT2D eigenvalue weighted by Gasteiger charge is -2.21. The van der Waals surface area contributed by atoms with E-state index in [1.165, 1.54) is 43.6 Å². The highest BCUT2D eigenvalue weighted by Crippen LogP contribution is 2.27. The van der Waals surface area contributed by atoms with Crippen LogP contribution in [0, 0.1) is 5.82 Å². The molecule has 0 radical (unpaired) electrons. The number of nitrogens with zero attached hydrogens (tertiary/aromatic N) is 1. The van der Waals surface area contributed by atoms with Crippen LogP contribution in [0.25, 0.3) is 0 Å². The molecule has 0 saturated carbocycles. The largest absolute Gasteiger partial charge is 0.495 e. The van der Waals surface area contributed by atoms with Crippen molar-refractivity contribution in [2.45, 2.75) is 37.8 Å². The van der Waals surface area contributed by atoms with Gasteiger partial charge in [0, 0.05) is 23.8 Å². The van der Waals surface area contributed by atoms with Crippen molar-refractivity contribution in [1.82, 2.24) is 15.0 Å². The molecule has 3 rings (SSSR count). The maximum absolute atomic E-state index is 14.4. The van der Waals surface area contributed by atoms with E-state index in [4.69, 9.17) is 9.47 Å². The van der Waals surface area contributed by atoms with Crippen molar-refractivity contribution in [3.05, 3.63) is 77.9 Å². The van der Waals surface area contributed by atoms with E-state index in [0.717, 1.165) is 0 Å². The van der Waals surface area contributed by atoms with Gasteiger partial charge in [-0.05, 0) is 68.8 Å². The number of methoxy groups -OCH3 is 1. The fraction of sp³-hybridized carbons (Fsp3) is 0.250. The predicted octanol–water partition coefficient (Wildman–Crippen LogP) is 4.03. The van der Waals surface area contributed by atoms with Crippen LogP contribution < -0.4 is 19.5 Å². The van der Waals surface area contributed by atoms with Gasteiger partial charge in [0.05, 0.1) is 13.3 Å². The van der Waals surface area contributed by atoms with Crippen LogP contribution in [0.5, 0.6) is 17.2 Å². The Morgan fingerprint density at radius 2 is 1.82 bits per heavy atom. The summed E-state index contributed by atoms with van der Waals surface area (Å²) < 4.78 is 53.2. The third-order valence-electron chi connectivity index (χ3n) is 4.47. The molecule has 2 N–H and O–H groups in total. The molecule has 0 saturated heterocycles. The fourth-order valence-corrected chi connectivity index (χ4v) is 4.66. The number of carbonyl (C=O) groups excluding carboxylic acids is 1. The first-order valence-electron chi connectivity index (χ1n) is 10.3. The number of sulfonamides is 1. The molecule has 0 fully saturated rings. The summed E-state index contributed by atoms with van der Waals surface area (Å²) in [6, 6.07) is 11.8. The second kappa shape index (κ2) is 10.2. The lowest BCUT2D eigenvalue weighted by Crippen LogP contribution is -2.40. The number of hydrogen-bond donors (Lipinski definition) is 2. The quantitative estimate of drug-likeness (QED) is 0.497. The monoisotopic (exact) mass is 487 g/mol.